The fourth-order valence-corrected chi connectivity index (χ4v) is 3.13. The van der Waals surface area contributed by atoms with Crippen LogP contribution >= 0.6 is 0 Å². The van der Waals surface area contributed by atoms with Crippen molar-refractivity contribution in [2.24, 2.45) is 11.8 Å². The molecule has 1 fully saturated rings. The zero-order valence-corrected chi connectivity index (χ0v) is 11.1. The summed E-state index contributed by atoms with van der Waals surface area (Å²) in [5.74, 6) is -0.713. The first kappa shape index (κ1) is 14.5. The summed E-state index contributed by atoms with van der Waals surface area (Å²) in [5, 5.41) is 19.8. The number of aliphatic carboxylic acids is 1. The molecule has 0 aromatic carbocycles. The van der Waals surface area contributed by atoms with Gasteiger partial charge in [-0.1, -0.05) is 33.1 Å². The number of carboxylic acids is 1. The largest absolute Gasteiger partial charge is 0.481 e. The Morgan fingerprint density at radius 2 is 1.88 bits per heavy atom. The van der Waals surface area contributed by atoms with Gasteiger partial charge in [0.05, 0.1) is 11.5 Å². The van der Waals surface area contributed by atoms with Crippen LogP contribution in [0.3, 0.4) is 0 Å². The summed E-state index contributed by atoms with van der Waals surface area (Å²) in [6.45, 7) is 4.15. The molecule has 0 heterocycles. The molecule has 100 valence electrons. The molecule has 0 aromatic rings. The van der Waals surface area contributed by atoms with Crippen LogP contribution in [0.4, 0.5) is 0 Å². The van der Waals surface area contributed by atoms with Gasteiger partial charge >= 0.3 is 5.97 Å². The fraction of sp³-hybridized carbons (Fsp3) is 0.929. The number of aliphatic hydroxyl groups is 1. The quantitative estimate of drug-likeness (QED) is 0.752. The standard InChI is InChI=1S/C14H26O3/c1-3-5-11-7-9-14(17,10-8-11)12(6-4-2)13(15)16/h11-12,17H,3-10H2,1-2H3,(H,15,16). The molecule has 0 spiro atoms. The van der Waals surface area contributed by atoms with Crippen molar-refractivity contribution >= 4 is 5.97 Å². The zero-order valence-electron chi connectivity index (χ0n) is 11.1. The molecule has 2 N–H and O–H groups in total. The Bertz CT molecular complexity index is 242. The maximum Gasteiger partial charge on any atom is 0.309 e. The second-order valence-corrected chi connectivity index (χ2v) is 5.52. The van der Waals surface area contributed by atoms with Crippen molar-refractivity contribution in [1.29, 1.82) is 0 Å². The Balaban J connectivity index is 2.60. The van der Waals surface area contributed by atoms with Crippen molar-refractivity contribution in [3.05, 3.63) is 0 Å². The highest BCUT2D eigenvalue weighted by molar-refractivity contribution is 5.71. The maximum atomic E-state index is 11.2. The Hall–Kier alpha value is -0.570. The lowest BCUT2D eigenvalue weighted by Gasteiger charge is -2.40. The lowest BCUT2D eigenvalue weighted by molar-refractivity contribution is -0.156. The molecular formula is C14H26O3. The molecule has 1 rings (SSSR count). The summed E-state index contributed by atoms with van der Waals surface area (Å²) >= 11 is 0. The van der Waals surface area contributed by atoms with Crippen LogP contribution in [0.15, 0.2) is 0 Å². The van der Waals surface area contributed by atoms with E-state index < -0.39 is 17.5 Å². The van der Waals surface area contributed by atoms with Crippen LogP contribution in [0.5, 0.6) is 0 Å². The van der Waals surface area contributed by atoms with E-state index in [1.807, 2.05) is 6.92 Å². The van der Waals surface area contributed by atoms with Gasteiger partial charge in [0, 0.05) is 0 Å². The molecule has 1 aliphatic carbocycles. The van der Waals surface area contributed by atoms with E-state index in [0.717, 1.165) is 19.3 Å². The molecule has 3 heteroatoms. The lowest BCUT2D eigenvalue weighted by Crippen LogP contribution is -2.45. The minimum Gasteiger partial charge on any atom is -0.481 e. The minimum atomic E-state index is -0.952. The third-order valence-corrected chi connectivity index (χ3v) is 4.19. The molecule has 0 aliphatic heterocycles. The van der Waals surface area contributed by atoms with Gasteiger partial charge in [0.15, 0.2) is 0 Å². The Labute approximate surface area is 104 Å². The predicted octanol–water partition coefficient (Wildman–Crippen LogP) is 3.21. The number of carbonyl (C=O) groups is 1. The molecule has 1 saturated carbocycles. The van der Waals surface area contributed by atoms with E-state index in [9.17, 15) is 15.0 Å². The fourth-order valence-electron chi connectivity index (χ4n) is 3.13. The van der Waals surface area contributed by atoms with Crippen LogP contribution in [0, 0.1) is 11.8 Å². The average Bonchev–Trinajstić information content (AvgIpc) is 2.29. The van der Waals surface area contributed by atoms with Gasteiger partial charge in [-0.15, -0.1) is 0 Å². The predicted molar refractivity (Wildman–Crippen MR) is 67.8 cm³/mol. The molecule has 3 nitrogen and oxygen atoms in total. The van der Waals surface area contributed by atoms with Gasteiger partial charge in [-0.25, -0.2) is 0 Å². The van der Waals surface area contributed by atoms with Crippen molar-refractivity contribution in [2.45, 2.75) is 70.8 Å². The average molecular weight is 242 g/mol. The molecule has 0 radical (unpaired) electrons. The SMILES string of the molecule is CCCC1CCC(O)(C(CCC)C(=O)O)CC1. The van der Waals surface area contributed by atoms with Gasteiger partial charge < -0.3 is 10.2 Å². The molecule has 0 amide bonds. The van der Waals surface area contributed by atoms with Crippen LogP contribution in [0.25, 0.3) is 0 Å². The smallest absolute Gasteiger partial charge is 0.309 e. The van der Waals surface area contributed by atoms with Crippen molar-refractivity contribution in [1.82, 2.24) is 0 Å². The Kier molecular flexibility index (Phi) is 5.44. The zero-order chi connectivity index (χ0) is 12.9. The molecule has 1 unspecified atom stereocenters. The van der Waals surface area contributed by atoms with Crippen LogP contribution in [-0.4, -0.2) is 21.8 Å². The summed E-state index contributed by atoms with van der Waals surface area (Å²) in [6, 6.07) is 0. The Morgan fingerprint density at radius 3 is 2.29 bits per heavy atom. The van der Waals surface area contributed by atoms with Gasteiger partial charge in [-0.05, 0) is 38.0 Å². The van der Waals surface area contributed by atoms with Crippen molar-refractivity contribution in [2.75, 3.05) is 0 Å². The summed E-state index contributed by atoms with van der Waals surface area (Å²) in [6.07, 6.45) is 7.09. The van der Waals surface area contributed by atoms with Gasteiger partial charge in [0.2, 0.25) is 0 Å². The van der Waals surface area contributed by atoms with E-state index in [1.165, 1.54) is 12.8 Å². The first-order valence-electron chi connectivity index (χ1n) is 6.98. The first-order valence-corrected chi connectivity index (χ1v) is 6.98. The van der Waals surface area contributed by atoms with Crippen molar-refractivity contribution < 1.29 is 15.0 Å². The highest BCUT2D eigenvalue weighted by Crippen LogP contribution is 2.40. The van der Waals surface area contributed by atoms with E-state index >= 15 is 0 Å². The number of carboxylic acid groups (broad SMARTS) is 1. The highest BCUT2D eigenvalue weighted by atomic mass is 16.4. The van der Waals surface area contributed by atoms with Crippen LogP contribution in [0.1, 0.15) is 65.2 Å². The van der Waals surface area contributed by atoms with Gasteiger partial charge in [-0.3, -0.25) is 4.79 Å². The number of rotatable bonds is 6. The highest BCUT2D eigenvalue weighted by Gasteiger charge is 2.43. The van der Waals surface area contributed by atoms with E-state index in [1.54, 1.807) is 0 Å². The second kappa shape index (κ2) is 6.39. The first-order chi connectivity index (χ1) is 8.03. The van der Waals surface area contributed by atoms with Gasteiger partial charge in [-0.2, -0.15) is 0 Å². The normalized spacial score (nSPS) is 31.1. The van der Waals surface area contributed by atoms with E-state index in [0.29, 0.717) is 25.2 Å². The summed E-state index contributed by atoms with van der Waals surface area (Å²) in [4.78, 5) is 11.2. The lowest BCUT2D eigenvalue weighted by atomic mass is 9.70. The molecule has 17 heavy (non-hydrogen) atoms. The third-order valence-electron chi connectivity index (χ3n) is 4.19. The summed E-state index contributed by atoms with van der Waals surface area (Å²) < 4.78 is 0. The molecule has 0 aromatic heterocycles. The Morgan fingerprint density at radius 1 is 1.29 bits per heavy atom. The monoisotopic (exact) mass is 242 g/mol. The van der Waals surface area contributed by atoms with Crippen LogP contribution in [-0.2, 0) is 4.79 Å². The molecular weight excluding hydrogens is 216 g/mol. The van der Waals surface area contributed by atoms with Gasteiger partial charge in [0.1, 0.15) is 0 Å². The number of hydrogen-bond acceptors (Lipinski definition) is 2. The van der Waals surface area contributed by atoms with Crippen molar-refractivity contribution in [3.8, 4) is 0 Å². The van der Waals surface area contributed by atoms with Crippen LogP contribution in [0.2, 0.25) is 0 Å². The van der Waals surface area contributed by atoms with Gasteiger partial charge in [0.25, 0.3) is 0 Å². The second-order valence-electron chi connectivity index (χ2n) is 5.52. The van der Waals surface area contributed by atoms with E-state index in [4.69, 9.17) is 0 Å². The van der Waals surface area contributed by atoms with Crippen LogP contribution < -0.4 is 0 Å². The van der Waals surface area contributed by atoms with Crippen molar-refractivity contribution in [3.63, 3.8) is 0 Å². The molecule has 0 saturated heterocycles. The number of hydrogen-bond donors (Lipinski definition) is 2. The summed E-state index contributed by atoms with van der Waals surface area (Å²) in [5.41, 5.74) is -0.952. The third kappa shape index (κ3) is 3.70. The molecule has 0 bridgehead atoms. The molecule has 1 atom stereocenters. The van der Waals surface area contributed by atoms with E-state index in [-0.39, 0.29) is 0 Å². The van der Waals surface area contributed by atoms with E-state index in [2.05, 4.69) is 6.92 Å². The minimum absolute atomic E-state index is 0.574. The molecule has 1 aliphatic rings. The topological polar surface area (TPSA) is 57.5 Å². The maximum absolute atomic E-state index is 11.2. The summed E-state index contributed by atoms with van der Waals surface area (Å²) in [7, 11) is 0.